The zero-order valence-electron chi connectivity index (χ0n) is 10.2. The van der Waals surface area contributed by atoms with Gasteiger partial charge < -0.3 is 10.6 Å². The Bertz CT molecular complexity index is 545. The Kier molecular flexibility index (Phi) is 3.88. The molecule has 2 N–H and O–H groups in total. The van der Waals surface area contributed by atoms with Crippen LogP contribution in [0.4, 0.5) is 5.13 Å². The van der Waals surface area contributed by atoms with E-state index >= 15 is 0 Å². The number of aryl methyl sites for hydroxylation is 2. The standard InChI is InChI=1S/C10H15N3O2S3/c1-6-7(2)17-10(11-6)13-9(16)12-8-3-4-18(14,15)5-8/h8H,3-5H2,1-2H3,(H2,11,12,13,16)/t8-/m1/s1. The van der Waals surface area contributed by atoms with E-state index in [1.54, 1.807) is 0 Å². The summed E-state index contributed by atoms with van der Waals surface area (Å²) in [5, 5.41) is 7.19. The number of nitrogens with zero attached hydrogens (tertiary/aromatic N) is 1. The van der Waals surface area contributed by atoms with E-state index < -0.39 is 9.84 Å². The van der Waals surface area contributed by atoms with Gasteiger partial charge in [0.05, 0.1) is 17.2 Å². The predicted octanol–water partition coefficient (Wildman–Crippen LogP) is 1.23. The Morgan fingerprint density at radius 2 is 2.22 bits per heavy atom. The van der Waals surface area contributed by atoms with Crippen molar-refractivity contribution in [3.8, 4) is 0 Å². The molecule has 1 aromatic rings. The fourth-order valence-electron chi connectivity index (χ4n) is 1.75. The minimum atomic E-state index is -2.88. The third kappa shape index (κ3) is 3.39. The first-order valence-corrected chi connectivity index (χ1v) is 8.62. The molecule has 8 heteroatoms. The van der Waals surface area contributed by atoms with Crippen LogP contribution in [0.3, 0.4) is 0 Å². The lowest BCUT2D eigenvalue weighted by molar-refractivity contribution is 0.600. The highest BCUT2D eigenvalue weighted by atomic mass is 32.2. The summed E-state index contributed by atoms with van der Waals surface area (Å²) in [6.07, 6.45) is 0.611. The summed E-state index contributed by atoms with van der Waals surface area (Å²) in [4.78, 5) is 5.46. The van der Waals surface area contributed by atoms with E-state index in [4.69, 9.17) is 12.2 Å². The Hall–Kier alpha value is -0.730. The number of aromatic nitrogens is 1. The van der Waals surface area contributed by atoms with Crippen LogP contribution in [0, 0.1) is 13.8 Å². The lowest BCUT2D eigenvalue weighted by Gasteiger charge is -2.13. The summed E-state index contributed by atoms with van der Waals surface area (Å²) >= 11 is 6.68. The second-order valence-electron chi connectivity index (χ2n) is 4.36. The molecule has 1 aliphatic rings. The van der Waals surface area contributed by atoms with Gasteiger partial charge in [0.25, 0.3) is 0 Å². The van der Waals surface area contributed by atoms with Gasteiger partial charge in [-0.2, -0.15) is 0 Å². The van der Waals surface area contributed by atoms with Gasteiger partial charge in [0.2, 0.25) is 0 Å². The average Bonchev–Trinajstić information content (AvgIpc) is 2.71. The van der Waals surface area contributed by atoms with Gasteiger partial charge in [0.1, 0.15) is 0 Å². The van der Waals surface area contributed by atoms with Crippen LogP contribution in [0.5, 0.6) is 0 Å². The number of thiazole rings is 1. The van der Waals surface area contributed by atoms with Crippen molar-refractivity contribution in [3.63, 3.8) is 0 Å². The minimum Gasteiger partial charge on any atom is -0.359 e. The number of sulfone groups is 1. The number of rotatable bonds is 2. The first-order valence-electron chi connectivity index (χ1n) is 5.58. The lowest BCUT2D eigenvalue weighted by atomic mass is 10.3. The molecule has 1 aromatic heterocycles. The quantitative estimate of drug-likeness (QED) is 0.801. The summed E-state index contributed by atoms with van der Waals surface area (Å²) in [5.41, 5.74) is 0.980. The Labute approximate surface area is 116 Å². The molecule has 0 radical (unpaired) electrons. The van der Waals surface area contributed by atoms with Gasteiger partial charge >= 0.3 is 0 Å². The van der Waals surface area contributed by atoms with Gasteiger partial charge in [-0.25, -0.2) is 13.4 Å². The molecule has 0 aliphatic carbocycles. The molecule has 1 aliphatic heterocycles. The zero-order valence-corrected chi connectivity index (χ0v) is 12.6. The second kappa shape index (κ2) is 5.10. The van der Waals surface area contributed by atoms with Gasteiger partial charge in [-0.1, -0.05) is 0 Å². The van der Waals surface area contributed by atoms with Gasteiger partial charge in [0.15, 0.2) is 20.1 Å². The molecule has 1 atom stereocenters. The number of hydrogen-bond donors (Lipinski definition) is 2. The van der Waals surface area contributed by atoms with E-state index in [1.165, 1.54) is 11.3 Å². The number of hydrogen-bond acceptors (Lipinski definition) is 5. The molecule has 0 saturated carbocycles. The van der Waals surface area contributed by atoms with Crippen LogP contribution >= 0.6 is 23.6 Å². The third-order valence-electron chi connectivity index (χ3n) is 2.82. The van der Waals surface area contributed by atoms with Crippen LogP contribution in [0.2, 0.25) is 0 Å². The van der Waals surface area contributed by atoms with Crippen LogP contribution < -0.4 is 10.6 Å². The molecule has 5 nitrogen and oxygen atoms in total. The van der Waals surface area contributed by atoms with Crippen LogP contribution in [-0.4, -0.2) is 36.1 Å². The maximum atomic E-state index is 11.3. The van der Waals surface area contributed by atoms with Gasteiger partial charge in [-0.15, -0.1) is 11.3 Å². The van der Waals surface area contributed by atoms with E-state index in [-0.39, 0.29) is 17.5 Å². The van der Waals surface area contributed by atoms with Gasteiger partial charge in [-0.3, -0.25) is 0 Å². The Morgan fingerprint density at radius 3 is 2.72 bits per heavy atom. The van der Waals surface area contributed by atoms with Crippen molar-refractivity contribution in [3.05, 3.63) is 10.6 Å². The topological polar surface area (TPSA) is 71.1 Å². The Morgan fingerprint density at radius 1 is 1.50 bits per heavy atom. The predicted molar refractivity (Wildman–Crippen MR) is 78.0 cm³/mol. The monoisotopic (exact) mass is 305 g/mol. The van der Waals surface area contributed by atoms with Crippen molar-refractivity contribution in [1.29, 1.82) is 0 Å². The largest absolute Gasteiger partial charge is 0.359 e. The summed E-state index contributed by atoms with van der Waals surface area (Å²) in [6, 6.07) is -0.0860. The molecule has 100 valence electrons. The first kappa shape index (κ1) is 13.7. The SMILES string of the molecule is Cc1nc(NC(=S)N[C@@H]2CCS(=O)(=O)C2)sc1C. The summed E-state index contributed by atoms with van der Waals surface area (Å²) in [7, 11) is -2.88. The average molecular weight is 305 g/mol. The van der Waals surface area contributed by atoms with Crippen molar-refractivity contribution >= 4 is 43.6 Å². The smallest absolute Gasteiger partial charge is 0.189 e. The normalized spacial score (nSPS) is 21.8. The van der Waals surface area contributed by atoms with Crippen molar-refractivity contribution in [2.75, 3.05) is 16.8 Å². The molecule has 1 saturated heterocycles. The minimum absolute atomic E-state index is 0.0860. The summed E-state index contributed by atoms with van der Waals surface area (Å²) < 4.78 is 22.6. The highest BCUT2D eigenvalue weighted by molar-refractivity contribution is 7.91. The van der Waals surface area contributed by atoms with Crippen molar-refractivity contribution in [1.82, 2.24) is 10.3 Å². The summed E-state index contributed by atoms with van der Waals surface area (Å²) in [5.74, 6) is 0.396. The van der Waals surface area contributed by atoms with Gasteiger partial charge in [0, 0.05) is 10.9 Å². The van der Waals surface area contributed by atoms with E-state index in [1.807, 2.05) is 13.8 Å². The maximum Gasteiger partial charge on any atom is 0.189 e. The number of anilines is 1. The Balaban J connectivity index is 1.90. The van der Waals surface area contributed by atoms with E-state index in [0.717, 1.165) is 15.7 Å². The third-order valence-corrected chi connectivity index (χ3v) is 5.79. The molecule has 2 heterocycles. The van der Waals surface area contributed by atoms with Crippen LogP contribution in [-0.2, 0) is 9.84 Å². The molecule has 1 fully saturated rings. The fraction of sp³-hybridized carbons (Fsp3) is 0.600. The van der Waals surface area contributed by atoms with Gasteiger partial charge in [-0.05, 0) is 32.5 Å². The van der Waals surface area contributed by atoms with Crippen LogP contribution in [0.1, 0.15) is 17.0 Å². The van der Waals surface area contributed by atoms with E-state index in [9.17, 15) is 8.42 Å². The number of thiocarbonyl (C=S) groups is 1. The maximum absolute atomic E-state index is 11.3. The highest BCUT2D eigenvalue weighted by Gasteiger charge is 2.28. The molecular weight excluding hydrogens is 290 g/mol. The molecule has 0 bridgehead atoms. The highest BCUT2D eigenvalue weighted by Crippen LogP contribution is 2.21. The molecule has 0 spiro atoms. The summed E-state index contributed by atoms with van der Waals surface area (Å²) in [6.45, 7) is 3.94. The van der Waals surface area contributed by atoms with E-state index in [2.05, 4.69) is 15.6 Å². The first-order chi connectivity index (χ1) is 8.35. The van der Waals surface area contributed by atoms with Crippen LogP contribution in [0.15, 0.2) is 0 Å². The molecule has 0 amide bonds. The lowest BCUT2D eigenvalue weighted by Crippen LogP contribution is -2.38. The molecule has 0 unspecified atom stereocenters. The zero-order chi connectivity index (χ0) is 13.3. The van der Waals surface area contributed by atoms with E-state index in [0.29, 0.717) is 11.5 Å². The molecule has 0 aromatic carbocycles. The second-order valence-corrected chi connectivity index (χ2v) is 8.20. The fourth-order valence-corrected chi connectivity index (χ4v) is 4.57. The van der Waals surface area contributed by atoms with Crippen LogP contribution in [0.25, 0.3) is 0 Å². The molecular formula is C10H15N3O2S3. The number of nitrogens with one attached hydrogen (secondary N) is 2. The molecule has 18 heavy (non-hydrogen) atoms. The van der Waals surface area contributed by atoms with Crippen molar-refractivity contribution < 1.29 is 8.42 Å². The van der Waals surface area contributed by atoms with Crippen molar-refractivity contribution in [2.24, 2.45) is 0 Å². The molecule has 2 rings (SSSR count). The van der Waals surface area contributed by atoms with Crippen molar-refractivity contribution in [2.45, 2.75) is 26.3 Å².